The molecule has 0 aromatic carbocycles. The molecule has 0 saturated carbocycles. The van der Waals surface area contributed by atoms with Crippen molar-refractivity contribution >= 4 is 0 Å². The van der Waals surface area contributed by atoms with Gasteiger partial charge in [-0.1, -0.05) is 19.9 Å². The number of pyridine rings is 1. The third kappa shape index (κ3) is 4.14. The molecule has 2 rings (SSSR count). The minimum absolute atomic E-state index is 0.117. The highest BCUT2D eigenvalue weighted by atomic mass is 15.3. The number of aromatic nitrogens is 3. The van der Waals surface area contributed by atoms with Gasteiger partial charge in [0.15, 0.2) is 5.82 Å². The maximum atomic E-state index is 4.62. The van der Waals surface area contributed by atoms with Crippen molar-refractivity contribution in [3.63, 3.8) is 0 Å². The molecule has 0 spiro atoms. The van der Waals surface area contributed by atoms with Crippen molar-refractivity contribution in [2.24, 2.45) is 0 Å². The average molecular weight is 286 g/mol. The van der Waals surface area contributed by atoms with Crippen LogP contribution in [0.15, 0.2) is 24.4 Å². The van der Waals surface area contributed by atoms with E-state index in [2.05, 4.69) is 62.2 Å². The molecule has 4 heteroatoms. The molecule has 2 aromatic heterocycles. The molecule has 1 N–H and O–H groups in total. The fourth-order valence-corrected chi connectivity index (χ4v) is 2.11. The summed E-state index contributed by atoms with van der Waals surface area (Å²) in [5.41, 5.74) is 3.63. The van der Waals surface area contributed by atoms with Crippen molar-refractivity contribution < 1.29 is 0 Å². The number of nitrogens with one attached hydrogen (secondary N) is 1. The van der Waals surface area contributed by atoms with Crippen molar-refractivity contribution in [2.45, 2.75) is 59.5 Å². The fraction of sp³-hybridized carbons (Fsp3) is 0.529. The zero-order valence-corrected chi connectivity index (χ0v) is 13.8. The lowest BCUT2D eigenvalue weighted by Crippen LogP contribution is -2.35. The Hall–Kier alpha value is -1.68. The lowest BCUT2D eigenvalue weighted by atomic mass is 10.1. The van der Waals surface area contributed by atoms with Crippen LogP contribution in [-0.2, 0) is 19.4 Å². The lowest BCUT2D eigenvalue weighted by molar-refractivity contribution is 0.424. The van der Waals surface area contributed by atoms with Gasteiger partial charge in [-0.3, -0.25) is 0 Å². The van der Waals surface area contributed by atoms with Gasteiger partial charge < -0.3 is 5.32 Å². The van der Waals surface area contributed by atoms with Crippen molar-refractivity contribution in [3.05, 3.63) is 41.3 Å². The highest BCUT2D eigenvalue weighted by Crippen LogP contribution is 2.13. The summed E-state index contributed by atoms with van der Waals surface area (Å²) in [5.74, 6) is 0.894. The lowest BCUT2D eigenvalue weighted by Gasteiger charge is -2.20. The van der Waals surface area contributed by atoms with E-state index in [1.165, 1.54) is 11.3 Å². The van der Waals surface area contributed by atoms with Crippen LogP contribution < -0.4 is 5.32 Å². The average Bonchev–Trinajstić information content (AvgIpc) is 2.88. The monoisotopic (exact) mass is 286 g/mol. The highest BCUT2D eigenvalue weighted by Gasteiger charge is 2.10. The van der Waals surface area contributed by atoms with Gasteiger partial charge in [0.05, 0.1) is 5.69 Å². The zero-order chi connectivity index (χ0) is 15.5. The first kappa shape index (κ1) is 15.7. The molecule has 0 atom stereocenters. The first-order valence-electron chi connectivity index (χ1n) is 7.71. The number of aryl methyl sites for hydroxylation is 2. The van der Waals surface area contributed by atoms with Gasteiger partial charge in [-0.15, -0.1) is 0 Å². The summed E-state index contributed by atoms with van der Waals surface area (Å²) in [6.07, 6.45) is 3.84. The van der Waals surface area contributed by atoms with Crippen molar-refractivity contribution in [2.75, 3.05) is 0 Å². The number of hydrogen-bond donors (Lipinski definition) is 1. The van der Waals surface area contributed by atoms with Gasteiger partial charge in [0, 0.05) is 24.0 Å². The molecule has 2 aromatic rings. The van der Waals surface area contributed by atoms with Crippen LogP contribution in [0.25, 0.3) is 5.82 Å². The van der Waals surface area contributed by atoms with Crippen LogP contribution in [-0.4, -0.2) is 20.3 Å². The predicted octanol–water partition coefficient (Wildman–Crippen LogP) is 3.28. The van der Waals surface area contributed by atoms with Crippen molar-refractivity contribution in [1.82, 2.24) is 20.1 Å². The molecule has 2 heterocycles. The third-order valence-electron chi connectivity index (χ3n) is 3.41. The normalized spacial score (nSPS) is 11.9. The second-order valence-corrected chi connectivity index (χ2v) is 6.37. The van der Waals surface area contributed by atoms with E-state index in [-0.39, 0.29) is 5.54 Å². The molecule has 21 heavy (non-hydrogen) atoms. The van der Waals surface area contributed by atoms with E-state index in [4.69, 9.17) is 0 Å². The molecule has 0 aliphatic rings. The Labute approximate surface area is 127 Å². The third-order valence-corrected chi connectivity index (χ3v) is 3.41. The van der Waals surface area contributed by atoms with Crippen LogP contribution in [0.5, 0.6) is 0 Å². The number of rotatable bonds is 5. The Kier molecular flexibility index (Phi) is 4.78. The van der Waals surface area contributed by atoms with E-state index >= 15 is 0 Å². The summed E-state index contributed by atoms with van der Waals surface area (Å²) in [6, 6.07) is 6.33. The topological polar surface area (TPSA) is 42.7 Å². The Morgan fingerprint density at radius 1 is 1.14 bits per heavy atom. The zero-order valence-electron chi connectivity index (χ0n) is 13.8. The summed E-state index contributed by atoms with van der Waals surface area (Å²) in [6.45, 7) is 11.6. The Morgan fingerprint density at radius 2 is 1.90 bits per heavy atom. The first-order valence-corrected chi connectivity index (χ1v) is 7.71. The SMILES string of the molecule is CCc1cc(CC)n(-c2ccc(CNC(C)(C)C)cn2)n1. The smallest absolute Gasteiger partial charge is 0.153 e. The van der Waals surface area contributed by atoms with Crippen LogP contribution in [0, 0.1) is 0 Å². The van der Waals surface area contributed by atoms with Crippen molar-refractivity contribution in [1.29, 1.82) is 0 Å². The molecule has 4 nitrogen and oxygen atoms in total. The van der Waals surface area contributed by atoms with Gasteiger partial charge in [0.25, 0.3) is 0 Å². The van der Waals surface area contributed by atoms with E-state index in [0.29, 0.717) is 0 Å². The molecule has 0 aliphatic carbocycles. The predicted molar refractivity (Wildman–Crippen MR) is 86.7 cm³/mol. The van der Waals surface area contributed by atoms with Gasteiger partial charge in [-0.05, 0) is 51.3 Å². The van der Waals surface area contributed by atoms with Gasteiger partial charge in [-0.2, -0.15) is 5.10 Å². The Balaban J connectivity index is 2.17. The second-order valence-electron chi connectivity index (χ2n) is 6.37. The molecular formula is C17H26N4. The molecule has 0 amide bonds. The Bertz CT molecular complexity index is 576. The minimum Gasteiger partial charge on any atom is -0.308 e. The molecule has 0 saturated heterocycles. The van der Waals surface area contributed by atoms with Crippen LogP contribution >= 0.6 is 0 Å². The summed E-state index contributed by atoms with van der Waals surface area (Å²) in [7, 11) is 0. The highest BCUT2D eigenvalue weighted by molar-refractivity contribution is 5.28. The van der Waals surface area contributed by atoms with E-state index in [1.54, 1.807) is 0 Å². The largest absolute Gasteiger partial charge is 0.308 e. The molecule has 0 bridgehead atoms. The molecule has 0 radical (unpaired) electrons. The standard InChI is InChI=1S/C17H26N4/c1-6-14-10-15(7-2)21(20-14)16-9-8-13(11-18-16)12-19-17(3,4)5/h8-11,19H,6-7,12H2,1-5H3. The molecule has 0 fully saturated rings. The maximum absolute atomic E-state index is 4.62. The van der Waals surface area contributed by atoms with E-state index < -0.39 is 0 Å². The summed E-state index contributed by atoms with van der Waals surface area (Å²) in [4.78, 5) is 4.57. The second kappa shape index (κ2) is 6.39. The molecule has 0 aliphatic heterocycles. The van der Waals surface area contributed by atoms with E-state index in [1.807, 2.05) is 16.9 Å². The van der Waals surface area contributed by atoms with E-state index in [0.717, 1.165) is 30.9 Å². The molecular weight excluding hydrogens is 260 g/mol. The molecule has 0 unspecified atom stereocenters. The summed E-state index contributed by atoms with van der Waals surface area (Å²) < 4.78 is 1.96. The van der Waals surface area contributed by atoms with Crippen LogP contribution in [0.4, 0.5) is 0 Å². The van der Waals surface area contributed by atoms with Gasteiger partial charge >= 0.3 is 0 Å². The number of hydrogen-bond acceptors (Lipinski definition) is 3. The van der Waals surface area contributed by atoms with Gasteiger partial charge in [0.1, 0.15) is 0 Å². The van der Waals surface area contributed by atoms with Crippen LogP contribution in [0.1, 0.15) is 51.6 Å². The number of nitrogens with zero attached hydrogens (tertiary/aromatic N) is 3. The van der Waals surface area contributed by atoms with Crippen molar-refractivity contribution in [3.8, 4) is 5.82 Å². The summed E-state index contributed by atoms with van der Waals surface area (Å²) >= 11 is 0. The maximum Gasteiger partial charge on any atom is 0.153 e. The summed E-state index contributed by atoms with van der Waals surface area (Å²) in [5, 5.41) is 8.09. The Morgan fingerprint density at radius 3 is 2.43 bits per heavy atom. The van der Waals surface area contributed by atoms with E-state index in [9.17, 15) is 0 Å². The van der Waals surface area contributed by atoms with Gasteiger partial charge in [-0.25, -0.2) is 9.67 Å². The van der Waals surface area contributed by atoms with Crippen LogP contribution in [0.2, 0.25) is 0 Å². The minimum atomic E-state index is 0.117. The van der Waals surface area contributed by atoms with Gasteiger partial charge in [0.2, 0.25) is 0 Å². The van der Waals surface area contributed by atoms with Crippen LogP contribution in [0.3, 0.4) is 0 Å². The fourth-order valence-electron chi connectivity index (χ4n) is 2.11. The quantitative estimate of drug-likeness (QED) is 0.917. The molecule has 114 valence electrons. The first-order chi connectivity index (χ1) is 9.93.